The van der Waals surface area contributed by atoms with Gasteiger partial charge in [-0.2, -0.15) is 0 Å². The van der Waals surface area contributed by atoms with Gasteiger partial charge in [0.25, 0.3) is 5.91 Å². The predicted molar refractivity (Wildman–Crippen MR) is 91.8 cm³/mol. The Bertz CT molecular complexity index is 681. The molecule has 2 aliphatic heterocycles. The fraction of sp³-hybridized carbons (Fsp3) is 0.438. The standard InChI is InChI=1S/C16H17ClN2O4S/c1-16-7-6-14(21)19(16)12(9-24-16)15(22)23-8-13(20)18-11-4-2-10(17)3-5-11/h2-5,12H,6-9H2,1H3,(H,18,20)/t12-,16+/m0/s1. The summed E-state index contributed by atoms with van der Waals surface area (Å²) < 4.78 is 5.10. The summed E-state index contributed by atoms with van der Waals surface area (Å²) in [5, 5.41) is 3.18. The van der Waals surface area contributed by atoms with E-state index in [2.05, 4.69) is 5.32 Å². The van der Waals surface area contributed by atoms with E-state index in [-0.39, 0.29) is 17.4 Å². The van der Waals surface area contributed by atoms with Crippen LogP contribution in [-0.2, 0) is 19.1 Å². The topological polar surface area (TPSA) is 75.7 Å². The molecule has 2 fully saturated rings. The van der Waals surface area contributed by atoms with Crippen LogP contribution in [0.3, 0.4) is 0 Å². The number of fused-ring (bicyclic) bond motifs is 1. The average molecular weight is 369 g/mol. The van der Waals surface area contributed by atoms with E-state index in [1.165, 1.54) is 0 Å². The highest BCUT2D eigenvalue weighted by Crippen LogP contribution is 2.47. The van der Waals surface area contributed by atoms with Gasteiger partial charge in [0.1, 0.15) is 6.04 Å². The Kier molecular flexibility index (Phi) is 4.73. The molecule has 2 aliphatic rings. The SMILES string of the molecule is C[C@@]12CCC(=O)N1[C@H](C(=O)OCC(=O)Nc1ccc(Cl)cc1)CS2. The molecular weight excluding hydrogens is 352 g/mol. The van der Waals surface area contributed by atoms with Crippen molar-refractivity contribution in [3.63, 3.8) is 0 Å². The number of thioether (sulfide) groups is 1. The number of esters is 1. The lowest BCUT2D eigenvalue weighted by Gasteiger charge is -2.29. The van der Waals surface area contributed by atoms with Crippen molar-refractivity contribution >= 4 is 46.8 Å². The summed E-state index contributed by atoms with van der Waals surface area (Å²) in [6.07, 6.45) is 1.18. The van der Waals surface area contributed by atoms with Crippen LogP contribution in [0.15, 0.2) is 24.3 Å². The third-order valence-electron chi connectivity index (χ3n) is 4.19. The highest BCUT2D eigenvalue weighted by Gasteiger charge is 2.53. The van der Waals surface area contributed by atoms with Gasteiger partial charge in [-0.15, -0.1) is 11.8 Å². The fourth-order valence-corrected chi connectivity index (χ4v) is 4.50. The van der Waals surface area contributed by atoms with E-state index in [1.807, 2.05) is 6.92 Å². The van der Waals surface area contributed by atoms with E-state index < -0.39 is 17.9 Å². The van der Waals surface area contributed by atoms with Crippen molar-refractivity contribution in [3.8, 4) is 0 Å². The third kappa shape index (κ3) is 3.37. The molecule has 0 aliphatic carbocycles. The predicted octanol–water partition coefficient (Wildman–Crippen LogP) is 2.28. The number of hydrogen-bond donors (Lipinski definition) is 1. The summed E-state index contributed by atoms with van der Waals surface area (Å²) in [6.45, 7) is 1.57. The first-order valence-electron chi connectivity index (χ1n) is 7.57. The maximum atomic E-state index is 12.3. The van der Waals surface area contributed by atoms with Crippen LogP contribution in [0, 0.1) is 0 Å². The van der Waals surface area contributed by atoms with Gasteiger partial charge in [0.2, 0.25) is 5.91 Å². The summed E-state index contributed by atoms with van der Waals surface area (Å²) in [5.74, 6) is -0.505. The Morgan fingerprint density at radius 3 is 2.83 bits per heavy atom. The summed E-state index contributed by atoms with van der Waals surface area (Å²) in [6, 6.07) is 6.00. The number of hydrogen-bond acceptors (Lipinski definition) is 5. The number of rotatable bonds is 4. The molecule has 0 spiro atoms. The molecule has 0 bridgehead atoms. The maximum absolute atomic E-state index is 12.3. The molecule has 2 heterocycles. The number of anilines is 1. The minimum atomic E-state index is -0.613. The largest absolute Gasteiger partial charge is 0.454 e. The summed E-state index contributed by atoms with van der Waals surface area (Å²) in [4.78, 5) is 37.4. The Morgan fingerprint density at radius 1 is 1.42 bits per heavy atom. The molecular formula is C16H17ClN2O4S. The smallest absolute Gasteiger partial charge is 0.330 e. The molecule has 0 radical (unpaired) electrons. The van der Waals surface area contributed by atoms with Crippen molar-refractivity contribution in [2.24, 2.45) is 0 Å². The number of carbonyl (C=O) groups excluding carboxylic acids is 3. The van der Waals surface area contributed by atoms with E-state index in [9.17, 15) is 14.4 Å². The van der Waals surface area contributed by atoms with Gasteiger partial charge < -0.3 is 15.0 Å². The van der Waals surface area contributed by atoms with Gasteiger partial charge in [-0.1, -0.05) is 11.6 Å². The van der Waals surface area contributed by atoms with Crippen LogP contribution in [-0.4, -0.2) is 46.0 Å². The van der Waals surface area contributed by atoms with Crippen LogP contribution in [0.5, 0.6) is 0 Å². The normalized spacial score (nSPS) is 25.5. The average Bonchev–Trinajstić information content (AvgIpc) is 3.04. The van der Waals surface area contributed by atoms with E-state index in [1.54, 1.807) is 40.9 Å². The highest BCUT2D eigenvalue weighted by atomic mass is 35.5. The minimum absolute atomic E-state index is 0.0323. The molecule has 0 unspecified atom stereocenters. The zero-order valence-corrected chi connectivity index (χ0v) is 14.7. The van der Waals surface area contributed by atoms with E-state index >= 15 is 0 Å². The third-order valence-corrected chi connectivity index (χ3v) is 5.95. The molecule has 2 atom stereocenters. The van der Waals surface area contributed by atoms with Crippen molar-refractivity contribution in [3.05, 3.63) is 29.3 Å². The Morgan fingerprint density at radius 2 is 2.12 bits per heavy atom. The van der Waals surface area contributed by atoms with Gasteiger partial charge >= 0.3 is 5.97 Å². The second-order valence-corrected chi connectivity index (χ2v) is 7.87. The first kappa shape index (κ1) is 17.1. The van der Waals surface area contributed by atoms with Crippen LogP contribution >= 0.6 is 23.4 Å². The molecule has 0 saturated carbocycles. The number of carbonyl (C=O) groups is 3. The highest BCUT2D eigenvalue weighted by molar-refractivity contribution is 8.01. The summed E-state index contributed by atoms with van der Waals surface area (Å²) in [5.41, 5.74) is 0.569. The van der Waals surface area contributed by atoms with Crippen LogP contribution in [0.4, 0.5) is 5.69 Å². The first-order valence-corrected chi connectivity index (χ1v) is 8.93. The second kappa shape index (κ2) is 6.64. The van der Waals surface area contributed by atoms with Gasteiger partial charge in [0, 0.05) is 22.9 Å². The van der Waals surface area contributed by atoms with Crippen LogP contribution in [0.1, 0.15) is 19.8 Å². The minimum Gasteiger partial charge on any atom is -0.454 e. The first-order chi connectivity index (χ1) is 11.4. The van der Waals surface area contributed by atoms with Crippen molar-refractivity contribution < 1.29 is 19.1 Å². The quantitative estimate of drug-likeness (QED) is 0.825. The van der Waals surface area contributed by atoms with Crippen molar-refractivity contribution in [2.45, 2.75) is 30.7 Å². The number of amides is 2. The summed E-state index contributed by atoms with van der Waals surface area (Å²) in [7, 11) is 0. The van der Waals surface area contributed by atoms with Gasteiger partial charge in [0.05, 0.1) is 4.87 Å². The molecule has 128 valence electrons. The van der Waals surface area contributed by atoms with Gasteiger partial charge in [0.15, 0.2) is 6.61 Å². The molecule has 1 aromatic rings. The molecule has 1 N–H and O–H groups in total. The zero-order chi connectivity index (χ0) is 17.3. The van der Waals surface area contributed by atoms with Crippen molar-refractivity contribution in [2.75, 3.05) is 17.7 Å². The van der Waals surface area contributed by atoms with E-state index in [4.69, 9.17) is 16.3 Å². The van der Waals surface area contributed by atoms with Crippen molar-refractivity contribution in [1.82, 2.24) is 4.90 Å². The number of nitrogens with zero attached hydrogens (tertiary/aromatic N) is 1. The molecule has 6 nitrogen and oxygen atoms in total. The summed E-state index contributed by atoms with van der Waals surface area (Å²) >= 11 is 7.36. The number of benzene rings is 1. The van der Waals surface area contributed by atoms with Gasteiger partial charge in [-0.25, -0.2) is 4.79 Å². The number of halogens is 1. The Balaban J connectivity index is 1.53. The van der Waals surface area contributed by atoms with Gasteiger partial charge in [-0.3, -0.25) is 9.59 Å². The molecule has 2 amide bonds. The second-order valence-electron chi connectivity index (χ2n) is 5.93. The number of nitrogens with one attached hydrogen (secondary N) is 1. The lowest BCUT2D eigenvalue weighted by atomic mass is 10.2. The Hall–Kier alpha value is -1.73. The lowest BCUT2D eigenvalue weighted by Crippen LogP contribution is -2.47. The van der Waals surface area contributed by atoms with Crippen LogP contribution in [0.25, 0.3) is 0 Å². The monoisotopic (exact) mass is 368 g/mol. The molecule has 8 heteroatoms. The lowest BCUT2D eigenvalue weighted by molar-refractivity contribution is -0.155. The maximum Gasteiger partial charge on any atom is 0.330 e. The van der Waals surface area contributed by atoms with E-state index in [0.717, 1.165) is 6.42 Å². The zero-order valence-electron chi connectivity index (χ0n) is 13.1. The number of ether oxygens (including phenoxy) is 1. The molecule has 1 aromatic carbocycles. The van der Waals surface area contributed by atoms with E-state index in [0.29, 0.717) is 22.9 Å². The van der Waals surface area contributed by atoms with Crippen molar-refractivity contribution in [1.29, 1.82) is 0 Å². The fourth-order valence-electron chi connectivity index (χ4n) is 2.96. The molecule has 2 saturated heterocycles. The van der Waals surface area contributed by atoms with Gasteiger partial charge in [-0.05, 0) is 37.6 Å². The molecule has 24 heavy (non-hydrogen) atoms. The molecule has 3 rings (SSSR count). The van der Waals surface area contributed by atoms with Crippen LogP contribution < -0.4 is 5.32 Å². The van der Waals surface area contributed by atoms with Crippen LogP contribution in [0.2, 0.25) is 5.02 Å². The molecule has 0 aromatic heterocycles. The Labute approximate surface area is 148 Å².